The zero-order chi connectivity index (χ0) is 14.4. The van der Waals surface area contributed by atoms with Gasteiger partial charge in [-0.05, 0) is 24.6 Å². The fraction of sp³-hybridized carbons (Fsp3) is 0.154. The molecule has 104 valence electrons. The Bertz CT molecular complexity index is 608. The first-order chi connectivity index (χ1) is 9.63. The average molecular weight is 294 g/mol. The quantitative estimate of drug-likeness (QED) is 0.679. The Labute approximate surface area is 120 Å². The van der Waals surface area contributed by atoms with Gasteiger partial charge in [-0.1, -0.05) is 34.0 Å². The summed E-state index contributed by atoms with van der Waals surface area (Å²) < 4.78 is 4.81. The maximum atomic E-state index is 11.5. The number of benzene rings is 1. The Balaban J connectivity index is 1.75. The first kappa shape index (κ1) is 14.1. The lowest BCUT2D eigenvalue weighted by Crippen LogP contribution is -2.17. The number of nitrogens with one attached hydrogen (secondary N) is 1. The van der Waals surface area contributed by atoms with Crippen molar-refractivity contribution >= 4 is 29.5 Å². The van der Waals surface area contributed by atoms with Crippen LogP contribution in [0.1, 0.15) is 11.3 Å². The van der Waals surface area contributed by atoms with Gasteiger partial charge in [0.25, 0.3) is 5.91 Å². The number of carbonyl (C=O) groups excluding carboxylic acids is 1. The molecule has 1 amide bonds. The molecule has 0 unspecified atom stereocenters. The molecule has 0 saturated carbocycles. The number of aromatic nitrogens is 1. The van der Waals surface area contributed by atoms with Crippen LogP contribution in [-0.2, 0) is 9.63 Å². The molecular formula is C13H12ClN3O3. The van der Waals surface area contributed by atoms with Gasteiger partial charge in [-0.2, -0.15) is 0 Å². The van der Waals surface area contributed by atoms with Crippen molar-refractivity contribution < 1.29 is 14.2 Å². The molecule has 7 heteroatoms. The van der Waals surface area contributed by atoms with Gasteiger partial charge in [0.2, 0.25) is 0 Å². The fourth-order valence-corrected chi connectivity index (χ4v) is 1.47. The third-order valence-corrected chi connectivity index (χ3v) is 2.49. The van der Waals surface area contributed by atoms with Gasteiger partial charge in [0, 0.05) is 11.1 Å². The molecular weight excluding hydrogens is 282 g/mol. The van der Waals surface area contributed by atoms with Gasteiger partial charge in [0.05, 0.1) is 6.21 Å². The van der Waals surface area contributed by atoms with Crippen LogP contribution in [0.25, 0.3) is 0 Å². The molecule has 1 aromatic heterocycles. The van der Waals surface area contributed by atoms with E-state index < -0.39 is 0 Å². The maximum absolute atomic E-state index is 11.5. The first-order valence-electron chi connectivity index (χ1n) is 5.77. The van der Waals surface area contributed by atoms with E-state index in [9.17, 15) is 4.79 Å². The minimum atomic E-state index is -0.369. The zero-order valence-corrected chi connectivity index (χ0v) is 11.4. The van der Waals surface area contributed by atoms with E-state index in [1.807, 2.05) is 0 Å². The van der Waals surface area contributed by atoms with E-state index in [1.165, 1.54) is 6.21 Å². The molecule has 0 spiro atoms. The maximum Gasteiger partial charge on any atom is 0.266 e. The third kappa shape index (κ3) is 4.40. The van der Waals surface area contributed by atoms with E-state index in [0.29, 0.717) is 16.6 Å². The number of anilines is 1. The van der Waals surface area contributed by atoms with Crippen LogP contribution in [0.2, 0.25) is 5.02 Å². The second-order valence-corrected chi connectivity index (χ2v) is 4.37. The minimum Gasteiger partial charge on any atom is -0.386 e. The summed E-state index contributed by atoms with van der Waals surface area (Å²) >= 11 is 5.75. The van der Waals surface area contributed by atoms with Crippen molar-refractivity contribution in [2.75, 3.05) is 11.9 Å². The Morgan fingerprint density at radius 1 is 1.50 bits per heavy atom. The molecule has 0 aliphatic carbocycles. The van der Waals surface area contributed by atoms with Crippen LogP contribution in [0.4, 0.5) is 5.82 Å². The second-order valence-electron chi connectivity index (χ2n) is 3.93. The van der Waals surface area contributed by atoms with E-state index in [2.05, 4.69) is 15.6 Å². The van der Waals surface area contributed by atoms with Crippen LogP contribution in [0.15, 0.2) is 40.0 Å². The van der Waals surface area contributed by atoms with Gasteiger partial charge in [-0.3, -0.25) is 4.79 Å². The predicted octanol–water partition coefficient (Wildman–Crippen LogP) is 2.63. The lowest BCUT2D eigenvalue weighted by Gasteiger charge is -1.99. The van der Waals surface area contributed by atoms with Crippen molar-refractivity contribution in [3.8, 4) is 0 Å². The lowest BCUT2D eigenvalue weighted by atomic mass is 10.2. The Hall–Kier alpha value is -2.34. The molecule has 0 aliphatic heterocycles. The van der Waals surface area contributed by atoms with Gasteiger partial charge < -0.3 is 14.7 Å². The van der Waals surface area contributed by atoms with Crippen molar-refractivity contribution in [3.05, 3.63) is 46.7 Å². The molecule has 1 aromatic carbocycles. The van der Waals surface area contributed by atoms with Crippen LogP contribution >= 0.6 is 11.6 Å². The number of halogens is 1. The molecule has 6 nitrogen and oxygen atoms in total. The van der Waals surface area contributed by atoms with Crippen molar-refractivity contribution in [2.45, 2.75) is 6.92 Å². The molecule has 0 radical (unpaired) electrons. The standard InChI is InChI=1S/C13H12ClN3O3/c1-9-6-12(17-20-9)16-13(18)8-19-15-7-10-2-4-11(14)5-3-10/h2-7H,8H2,1H3,(H,16,17,18)/b15-7-. The molecule has 2 rings (SSSR count). The van der Waals surface area contributed by atoms with Gasteiger partial charge in [0.15, 0.2) is 12.4 Å². The Morgan fingerprint density at radius 2 is 2.25 bits per heavy atom. The molecule has 0 bridgehead atoms. The van der Waals surface area contributed by atoms with Gasteiger partial charge in [-0.15, -0.1) is 0 Å². The third-order valence-electron chi connectivity index (χ3n) is 2.24. The lowest BCUT2D eigenvalue weighted by molar-refractivity contribution is -0.120. The normalized spacial score (nSPS) is 10.7. The number of oxime groups is 1. The van der Waals surface area contributed by atoms with Crippen LogP contribution in [0.3, 0.4) is 0 Å². The fourth-order valence-electron chi connectivity index (χ4n) is 1.35. The largest absolute Gasteiger partial charge is 0.386 e. The highest BCUT2D eigenvalue weighted by Gasteiger charge is 2.05. The molecule has 0 aliphatic rings. The summed E-state index contributed by atoms with van der Waals surface area (Å²) in [5, 5.41) is 10.5. The van der Waals surface area contributed by atoms with E-state index in [-0.39, 0.29) is 12.5 Å². The van der Waals surface area contributed by atoms with Crippen molar-refractivity contribution in [2.24, 2.45) is 5.16 Å². The molecule has 2 aromatic rings. The number of hydrogen-bond donors (Lipinski definition) is 1. The summed E-state index contributed by atoms with van der Waals surface area (Å²) in [5.74, 6) is 0.589. The minimum absolute atomic E-state index is 0.212. The van der Waals surface area contributed by atoms with Crippen molar-refractivity contribution in [3.63, 3.8) is 0 Å². The number of rotatable bonds is 5. The van der Waals surface area contributed by atoms with E-state index >= 15 is 0 Å². The summed E-state index contributed by atoms with van der Waals surface area (Å²) in [6, 6.07) is 8.65. The molecule has 0 fully saturated rings. The Kier molecular flexibility index (Phi) is 4.73. The second kappa shape index (κ2) is 6.72. The van der Waals surface area contributed by atoms with Crippen LogP contribution in [0.5, 0.6) is 0 Å². The molecule has 1 N–H and O–H groups in total. The van der Waals surface area contributed by atoms with E-state index in [0.717, 1.165) is 5.56 Å². The molecule has 20 heavy (non-hydrogen) atoms. The van der Waals surface area contributed by atoms with Crippen LogP contribution in [-0.4, -0.2) is 23.9 Å². The van der Waals surface area contributed by atoms with Crippen molar-refractivity contribution in [1.82, 2.24) is 5.16 Å². The summed E-state index contributed by atoms with van der Waals surface area (Å²) in [7, 11) is 0. The van der Waals surface area contributed by atoms with E-state index in [1.54, 1.807) is 37.3 Å². The highest BCUT2D eigenvalue weighted by Crippen LogP contribution is 2.08. The summed E-state index contributed by atoms with van der Waals surface area (Å²) in [5.41, 5.74) is 0.821. The number of carbonyl (C=O) groups is 1. The van der Waals surface area contributed by atoms with Crippen molar-refractivity contribution in [1.29, 1.82) is 0 Å². The highest BCUT2D eigenvalue weighted by atomic mass is 35.5. The van der Waals surface area contributed by atoms with Crippen LogP contribution in [0, 0.1) is 6.92 Å². The summed E-state index contributed by atoms with van der Waals surface area (Å²) in [6.07, 6.45) is 1.49. The van der Waals surface area contributed by atoms with Gasteiger partial charge in [-0.25, -0.2) is 0 Å². The topological polar surface area (TPSA) is 76.7 Å². The molecule has 0 saturated heterocycles. The van der Waals surface area contributed by atoms with Gasteiger partial charge in [0.1, 0.15) is 5.76 Å². The van der Waals surface area contributed by atoms with E-state index in [4.69, 9.17) is 21.0 Å². The first-order valence-corrected chi connectivity index (χ1v) is 6.15. The number of aryl methyl sites for hydroxylation is 1. The Morgan fingerprint density at radius 3 is 2.90 bits per heavy atom. The predicted molar refractivity (Wildman–Crippen MR) is 74.9 cm³/mol. The monoisotopic (exact) mass is 293 g/mol. The number of amides is 1. The number of hydrogen-bond acceptors (Lipinski definition) is 5. The average Bonchev–Trinajstić information content (AvgIpc) is 2.82. The molecule has 1 heterocycles. The molecule has 0 atom stereocenters. The SMILES string of the molecule is Cc1cc(NC(=O)CO/N=C\c2ccc(Cl)cc2)no1. The zero-order valence-electron chi connectivity index (χ0n) is 10.7. The summed E-state index contributed by atoms with van der Waals surface area (Å²) in [4.78, 5) is 16.3. The van der Waals surface area contributed by atoms with Crippen LogP contribution < -0.4 is 5.32 Å². The summed E-state index contributed by atoms with van der Waals surface area (Å²) in [6.45, 7) is 1.52. The smallest absolute Gasteiger partial charge is 0.266 e. The van der Waals surface area contributed by atoms with Gasteiger partial charge >= 0.3 is 0 Å². The number of nitrogens with zero attached hydrogens (tertiary/aromatic N) is 2. The highest BCUT2D eigenvalue weighted by molar-refractivity contribution is 6.30.